The van der Waals surface area contributed by atoms with Crippen molar-refractivity contribution in [2.75, 3.05) is 11.9 Å². The van der Waals surface area contributed by atoms with Gasteiger partial charge in [-0.25, -0.2) is 0 Å². The van der Waals surface area contributed by atoms with Gasteiger partial charge in [0.1, 0.15) is 0 Å². The molecule has 0 fully saturated rings. The molecule has 1 rings (SSSR count). The van der Waals surface area contributed by atoms with Crippen LogP contribution in [-0.4, -0.2) is 18.5 Å². The zero-order valence-corrected chi connectivity index (χ0v) is 11.7. The maximum Gasteiger partial charge on any atom is 0.417 e. The molecule has 0 aromatic heterocycles. The number of nitriles is 1. The van der Waals surface area contributed by atoms with Gasteiger partial charge in [-0.15, -0.1) is 0 Å². The zero-order valence-electron chi connectivity index (χ0n) is 11.7. The molecular formula is C14H16F3N3O. The highest BCUT2D eigenvalue weighted by atomic mass is 19.4. The van der Waals surface area contributed by atoms with Crippen LogP contribution in [0.5, 0.6) is 0 Å². The standard InChI is InChI=1S/C14H16F3N3O/c1-9(2)19-6-5-13(21)20-11-4-3-10(8-18)12(7-11)14(15,16)17/h3-4,7,9,19H,5-6H2,1-2H3,(H,20,21). The third kappa shape index (κ3) is 5.44. The summed E-state index contributed by atoms with van der Waals surface area (Å²) in [7, 11) is 0. The first-order valence-electron chi connectivity index (χ1n) is 6.38. The maximum absolute atomic E-state index is 12.8. The van der Waals surface area contributed by atoms with E-state index in [1.165, 1.54) is 12.1 Å². The summed E-state index contributed by atoms with van der Waals surface area (Å²) in [5.41, 5.74) is -1.50. The quantitative estimate of drug-likeness (QED) is 0.878. The summed E-state index contributed by atoms with van der Waals surface area (Å²) in [5.74, 6) is -0.388. The molecule has 0 aliphatic carbocycles. The largest absolute Gasteiger partial charge is 0.417 e. The van der Waals surface area contributed by atoms with E-state index in [0.717, 1.165) is 12.1 Å². The predicted molar refractivity (Wildman–Crippen MR) is 72.5 cm³/mol. The smallest absolute Gasteiger partial charge is 0.326 e. The number of anilines is 1. The van der Waals surface area contributed by atoms with E-state index in [4.69, 9.17) is 5.26 Å². The summed E-state index contributed by atoms with van der Waals surface area (Å²) >= 11 is 0. The molecule has 1 amide bonds. The summed E-state index contributed by atoms with van der Waals surface area (Å²) in [6.07, 6.45) is -4.48. The van der Waals surface area contributed by atoms with Crippen LogP contribution in [0.15, 0.2) is 18.2 Å². The fourth-order valence-electron chi connectivity index (χ4n) is 1.65. The van der Waals surface area contributed by atoms with Crippen LogP contribution in [0.4, 0.5) is 18.9 Å². The van der Waals surface area contributed by atoms with Crippen LogP contribution in [0.25, 0.3) is 0 Å². The number of halogens is 3. The summed E-state index contributed by atoms with van der Waals surface area (Å²) in [6.45, 7) is 4.29. The summed E-state index contributed by atoms with van der Waals surface area (Å²) in [4.78, 5) is 11.6. The molecule has 0 aliphatic heterocycles. The molecule has 0 heterocycles. The first kappa shape index (κ1) is 17.0. The zero-order chi connectivity index (χ0) is 16.0. The van der Waals surface area contributed by atoms with Crippen LogP contribution in [0.3, 0.4) is 0 Å². The number of nitrogens with one attached hydrogen (secondary N) is 2. The summed E-state index contributed by atoms with van der Waals surface area (Å²) in [5, 5.41) is 14.1. The molecule has 7 heteroatoms. The Hall–Kier alpha value is -2.07. The number of carbonyl (C=O) groups is 1. The molecule has 2 N–H and O–H groups in total. The van der Waals surface area contributed by atoms with E-state index >= 15 is 0 Å². The summed E-state index contributed by atoms with van der Waals surface area (Å²) < 4.78 is 38.3. The third-order valence-corrected chi connectivity index (χ3v) is 2.63. The maximum atomic E-state index is 12.8. The number of benzene rings is 1. The Morgan fingerprint density at radius 3 is 2.57 bits per heavy atom. The lowest BCUT2D eigenvalue weighted by Crippen LogP contribution is -2.27. The van der Waals surface area contributed by atoms with Gasteiger partial charge in [-0.2, -0.15) is 18.4 Å². The van der Waals surface area contributed by atoms with Crippen molar-refractivity contribution in [1.29, 1.82) is 5.26 Å². The van der Waals surface area contributed by atoms with Crippen molar-refractivity contribution in [2.24, 2.45) is 0 Å². The number of hydrogen-bond acceptors (Lipinski definition) is 3. The average Bonchev–Trinajstić information content (AvgIpc) is 2.37. The molecule has 1 aromatic carbocycles. The number of rotatable bonds is 5. The van der Waals surface area contributed by atoms with E-state index < -0.39 is 17.3 Å². The Bertz CT molecular complexity index is 547. The minimum absolute atomic E-state index is 0.0240. The van der Waals surface area contributed by atoms with Crippen LogP contribution in [0.1, 0.15) is 31.4 Å². The highest BCUT2D eigenvalue weighted by molar-refractivity contribution is 5.91. The van der Waals surface area contributed by atoms with Gasteiger partial charge in [0.2, 0.25) is 5.91 Å². The topological polar surface area (TPSA) is 64.9 Å². The predicted octanol–water partition coefficient (Wildman–Crippen LogP) is 2.90. The third-order valence-electron chi connectivity index (χ3n) is 2.63. The van der Waals surface area contributed by atoms with Crippen LogP contribution in [0.2, 0.25) is 0 Å². The molecule has 0 spiro atoms. The van der Waals surface area contributed by atoms with E-state index in [0.29, 0.717) is 6.54 Å². The SMILES string of the molecule is CC(C)NCCC(=O)Nc1ccc(C#N)c(C(F)(F)F)c1. The molecule has 0 saturated heterocycles. The van der Waals surface area contributed by atoms with Gasteiger partial charge >= 0.3 is 6.18 Å². The highest BCUT2D eigenvalue weighted by Crippen LogP contribution is 2.33. The van der Waals surface area contributed by atoms with E-state index in [1.54, 1.807) is 0 Å². The first-order chi connectivity index (χ1) is 9.74. The minimum Gasteiger partial charge on any atom is -0.326 e. The lowest BCUT2D eigenvalue weighted by molar-refractivity contribution is -0.137. The van der Waals surface area contributed by atoms with Gasteiger partial charge in [0.05, 0.1) is 17.2 Å². The van der Waals surface area contributed by atoms with Crippen molar-refractivity contribution in [3.05, 3.63) is 29.3 Å². The normalized spacial score (nSPS) is 11.3. The Labute approximate surface area is 121 Å². The average molecular weight is 299 g/mol. The van der Waals surface area contributed by atoms with E-state index in [2.05, 4.69) is 10.6 Å². The molecule has 0 saturated carbocycles. The van der Waals surface area contributed by atoms with Crippen molar-refractivity contribution < 1.29 is 18.0 Å². The monoisotopic (exact) mass is 299 g/mol. The molecule has 4 nitrogen and oxygen atoms in total. The van der Waals surface area contributed by atoms with Crippen molar-refractivity contribution in [3.8, 4) is 6.07 Å². The van der Waals surface area contributed by atoms with Crippen LogP contribution in [-0.2, 0) is 11.0 Å². The van der Waals surface area contributed by atoms with Crippen molar-refractivity contribution >= 4 is 11.6 Å². The van der Waals surface area contributed by atoms with Gasteiger partial charge in [0.25, 0.3) is 0 Å². The Balaban J connectivity index is 2.77. The second kappa shape index (κ2) is 7.09. The van der Waals surface area contributed by atoms with Gasteiger partial charge in [-0.05, 0) is 18.2 Å². The molecule has 0 atom stereocenters. The number of carbonyl (C=O) groups excluding carboxylic acids is 1. The van der Waals surface area contributed by atoms with Gasteiger partial charge in [-0.1, -0.05) is 13.8 Å². The van der Waals surface area contributed by atoms with Gasteiger partial charge in [0.15, 0.2) is 0 Å². The first-order valence-corrected chi connectivity index (χ1v) is 6.38. The summed E-state index contributed by atoms with van der Waals surface area (Å²) in [6, 6.07) is 4.81. The van der Waals surface area contributed by atoms with Crippen molar-refractivity contribution in [2.45, 2.75) is 32.5 Å². The van der Waals surface area contributed by atoms with Gasteiger partial charge < -0.3 is 10.6 Å². The molecule has 0 bridgehead atoms. The van der Waals surface area contributed by atoms with Crippen LogP contribution >= 0.6 is 0 Å². The van der Waals surface area contributed by atoms with E-state index in [9.17, 15) is 18.0 Å². The van der Waals surface area contributed by atoms with Crippen molar-refractivity contribution in [3.63, 3.8) is 0 Å². The van der Waals surface area contributed by atoms with E-state index in [-0.39, 0.29) is 24.1 Å². The van der Waals surface area contributed by atoms with Crippen molar-refractivity contribution in [1.82, 2.24) is 5.32 Å². The number of amides is 1. The molecule has 1 aromatic rings. The molecule has 0 unspecified atom stereocenters. The highest BCUT2D eigenvalue weighted by Gasteiger charge is 2.33. The van der Waals surface area contributed by atoms with Gasteiger partial charge in [0, 0.05) is 24.7 Å². The van der Waals surface area contributed by atoms with E-state index in [1.807, 2.05) is 13.8 Å². The minimum atomic E-state index is -4.63. The fourth-order valence-corrected chi connectivity index (χ4v) is 1.65. The molecule has 21 heavy (non-hydrogen) atoms. The lowest BCUT2D eigenvalue weighted by Gasteiger charge is -2.12. The Morgan fingerprint density at radius 1 is 1.38 bits per heavy atom. The Kier molecular flexibility index (Phi) is 5.73. The van der Waals surface area contributed by atoms with Crippen LogP contribution < -0.4 is 10.6 Å². The second-order valence-corrected chi connectivity index (χ2v) is 4.78. The molecule has 114 valence electrons. The fraction of sp³-hybridized carbons (Fsp3) is 0.429. The number of alkyl halides is 3. The number of nitrogens with zero attached hydrogens (tertiary/aromatic N) is 1. The lowest BCUT2D eigenvalue weighted by atomic mass is 10.1. The second-order valence-electron chi connectivity index (χ2n) is 4.78. The number of hydrogen-bond donors (Lipinski definition) is 2. The van der Waals surface area contributed by atoms with Gasteiger partial charge in [-0.3, -0.25) is 4.79 Å². The van der Waals surface area contributed by atoms with Crippen LogP contribution in [0, 0.1) is 11.3 Å². The molecular weight excluding hydrogens is 283 g/mol. The molecule has 0 aliphatic rings. The molecule has 0 radical (unpaired) electrons. The Morgan fingerprint density at radius 2 is 2.05 bits per heavy atom.